The fourth-order valence-corrected chi connectivity index (χ4v) is 3.12. The van der Waals surface area contributed by atoms with Crippen LogP contribution in [0.3, 0.4) is 0 Å². The monoisotopic (exact) mass is 317 g/mol. The average molecular weight is 317 g/mol. The smallest absolute Gasteiger partial charge is 0.168 e. The summed E-state index contributed by atoms with van der Waals surface area (Å²) in [4.78, 5) is 2.41. The van der Waals surface area contributed by atoms with Crippen LogP contribution in [0, 0.1) is 0 Å². The quantitative estimate of drug-likeness (QED) is 0.679. The molecule has 0 aliphatic heterocycles. The van der Waals surface area contributed by atoms with Crippen molar-refractivity contribution in [3.05, 3.63) is 24.3 Å². The summed E-state index contributed by atoms with van der Waals surface area (Å²) < 4.78 is 1.94. The number of para-hydroxylation sites is 1. The lowest BCUT2D eigenvalue weighted by Gasteiger charge is -2.41. The van der Waals surface area contributed by atoms with Crippen molar-refractivity contribution in [1.29, 1.82) is 0 Å². The van der Waals surface area contributed by atoms with E-state index in [1.54, 1.807) is 0 Å². The molecule has 0 saturated carbocycles. The average Bonchev–Trinajstić information content (AvgIpc) is 2.99. The number of rotatable bonds is 10. The summed E-state index contributed by atoms with van der Waals surface area (Å²) in [6.07, 6.45) is 6.52. The molecule has 0 aliphatic carbocycles. The third-order valence-corrected chi connectivity index (χ3v) is 4.45. The van der Waals surface area contributed by atoms with Gasteiger partial charge in [-0.1, -0.05) is 57.4 Å². The van der Waals surface area contributed by atoms with Gasteiger partial charge in [-0.3, -0.25) is 10.6 Å². The molecule has 2 rings (SSSR count). The summed E-state index contributed by atoms with van der Waals surface area (Å²) in [5.74, 6) is -0.602. The van der Waals surface area contributed by atoms with Gasteiger partial charge < -0.3 is 0 Å². The fourth-order valence-electron chi connectivity index (χ4n) is 3.12. The Morgan fingerprint density at radius 1 is 1.04 bits per heavy atom. The lowest BCUT2D eigenvalue weighted by atomic mass is 10.1. The molecule has 1 aromatic heterocycles. The first-order valence-electron chi connectivity index (χ1n) is 9.02. The van der Waals surface area contributed by atoms with Crippen LogP contribution in [0.25, 0.3) is 11.0 Å². The summed E-state index contributed by atoms with van der Waals surface area (Å²) in [6.45, 7) is 8.63. The minimum atomic E-state index is -0.602. The Kier molecular flexibility index (Phi) is 6.54. The van der Waals surface area contributed by atoms with E-state index >= 15 is 0 Å². The number of aromatic nitrogens is 3. The molecule has 2 N–H and O–H groups in total. The van der Waals surface area contributed by atoms with E-state index in [9.17, 15) is 0 Å². The minimum Gasteiger partial charge on any atom is -0.294 e. The van der Waals surface area contributed by atoms with Crippen molar-refractivity contribution >= 4 is 11.0 Å². The Morgan fingerprint density at radius 2 is 1.70 bits per heavy atom. The van der Waals surface area contributed by atoms with Gasteiger partial charge in [0, 0.05) is 13.1 Å². The van der Waals surface area contributed by atoms with Crippen molar-refractivity contribution in [2.45, 2.75) is 65.1 Å². The molecule has 0 spiro atoms. The summed E-state index contributed by atoms with van der Waals surface area (Å²) >= 11 is 0. The maximum Gasteiger partial charge on any atom is 0.168 e. The Bertz CT molecular complexity index is 586. The third kappa shape index (κ3) is 3.90. The number of unbranched alkanes of at least 4 members (excludes halogenated alkanes) is 2. The summed E-state index contributed by atoms with van der Waals surface area (Å²) in [6, 6.07) is 8.07. The highest BCUT2D eigenvalue weighted by atomic mass is 15.6. The molecule has 128 valence electrons. The lowest BCUT2D eigenvalue weighted by molar-refractivity contribution is 0.00158. The van der Waals surface area contributed by atoms with Crippen LogP contribution < -0.4 is 5.73 Å². The molecule has 1 unspecified atom stereocenters. The number of nitrogens with zero attached hydrogens (tertiary/aromatic N) is 4. The molecule has 1 aromatic carbocycles. The molecule has 5 nitrogen and oxygen atoms in total. The van der Waals surface area contributed by atoms with Crippen molar-refractivity contribution in [2.24, 2.45) is 5.73 Å². The van der Waals surface area contributed by atoms with Crippen molar-refractivity contribution < 1.29 is 0 Å². The first-order valence-corrected chi connectivity index (χ1v) is 9.02. The van der Waals surface area contributed by atoms with Crippen molar-refractivity contribution in [2.75, 3.05) is 13.1 Å². The molecule has 1 atom stereocenters. The van der Waals surface area contributed by atoms with Gasteiger partial charge in [0.25, 0.3) is 0 Å². The van der Waals surface area contributed by atoms with Gasteiger partial charge >= 0.3 is 0 Å². The van der Waals surface area contributed by atoms with Crippen LogP contribution in [0.1, 0.15) is 59.3 Å². The van der Waals surface area contributed by atoms with Gasteiger partial charge in [0.05, 0.1) is 5.52 Å². The van der Waals surface area contributed by atoms with Crippen molar-refractivity contribution in [1.82, 2.24) is 19.9 Å². The second-order valence-corrected chi connectivity index (χ2v) is 6.31. The van der Waals surface area contributed by atoms with Crippen LogP contribution in [0.2, 0.25) is 0 Å². The Labute approximate surface area is 139 Å². The molecular formula is C18H31N5. The number of nitrogens with two attached hydrogens (primary N) is 1. The van der Waals surface area contributed by atoms with Crippen LogP contribution in [0.15, 0.2) is 24.3 Å². The Balaban J connectivity index is 2.41. The van der Waals surface area contributed by atoms with Gasteiger partial charge in [-0.05, 0) is 31.4 Å². The standard InChI is InChI=1S/C18H31N5/c1-4-7-14-22(15-8-5-2)18(19,13-6-3)23-17-12-10-9-11-16(17)20-21-23/h9-12H,4-8,13-15,19H2,1-3H3. The van der Waals surface area contributed by atoms with Gasteiger partial charge in [0.15, 0.2) is 5.79 Å². The first-order chi connectivity index (χ1) is 11.2. The van der Waals surface area contributed by atoms with E-state index in [2.05, 4.69) is 42.0 Å². The molecular weight excluding hydrogens is 286 g/mol. The number of benzene rings is 1. The van der Waals surface area contributed by atoms with Gasteiger partial charge in [-0.25, -0.2) is 4.68 Å². The van der Waals surface area contributed by atoms with E-state index in [0.717, 1.165) is 49.8 Å². The van der Waals surface area contributed by atoms with E-state index in [-0.39, 0.29) is 0 Å². The number of hydrogen-bond donors (Lipinski definition) is 1. The SMILES string of the molecule is CCCCN(CCCC)C(N)(CCC)n1nnc2ccccc21. The predicted molar refractivity (Wildman–Crippen MR) is 96.0 cm³/mol. The molecule has 1 heterocycles. The molecule has 0 amide bonds. The van der Waals surface area contributed by atoms with Gasteiger partial charge in [-0.2, -0.15) is 0 Å². The molecule has 2 aromatic rings. The maximum absolute atomic E-state index is 6.95. The summed E-state index contributed by atoms with van der Waals surface area (Å²) in [7, 11) is 0. The van der Waals surface area contributed by atoms with Crippen LogP contribution in [-0.2, 0) is 5.79 Å². The summed E-state index contributed by atoms with van der Waals surface area (Å²) in [5, 5.41) is 8.74. The van der Waals surface area contributed by atoms with E-state index in [4.69, 9.17) is 5.73 Å². The molecule has 0 saturated heterocycles. The second-order valence-electron chi connectivity index (χ2n) is 6.31. The zero-order chi connectivity index (χ0) is 16.7. The van der Waals surface area contributed by atoms with E-state index < -0.39 is 5.79 Å². The zero-order valence-corrected chi connectivity index (χ0v) is 14.8. The highest BCUT2D eigenvalue weighted by Gasteiger charge is 2.35. The van der Waals surface area contributed by atoms with Gasteiger partial charge in [0.2, 0.25) is 0 Å². The highest BCUT2D eigenvalue weighted by Crippen LogP contribution is 2.26. The van der Waals surface area contributed by atoms with E-state index in [1.807, 2.05) is 22.9 Å². The third-order valence-electron chi connectivity index (χ3n) is 4.45. The normalized spacial score (nSPS) is 14.5. The predicted octanol–water partition coefficient (Wildman–Crippen LogP) is 3.70. The van der Waals surface area contributed by atoms with Crippen LogP contribution >= 0.6 is 0 Å². The Morgan fingerprint density at radius 3 is 2.30 bits per heavy atom. The summed E-state index contributed by atoms with van der Waals surface area (Å²) in [5.41, 5.74) is 8.87. The van der Waals surface area contributed by atoms with Crippen LogP contribution in [-0.4, -0.2) is 33.0 Å². The first kappa shape index (κ1) is 17.9. The van der Waals surface area contributed by atoms with Gasteiger partial charge in [-0.15, -0.1) is 5.10 Å². The largest absolute Gasteiger partial charge is 0.294 e. The fraction of sp³-hybridized carbons (Fsp3) is 0.667. The second kappa shape index (κ2) is 8.41. The molecule has 5 heteroatoms. The van der Waals surface area contributed by atoms with Crippen molar-refractivity contribution in [3.63, 3.8) is 0 Å². The van der Waals surface area contributed by atoms with Crippen LogP contribution in [0.4, 0.5) is 0 Å². The number of hydrogen-bond acceptors (Lipinski definition) is 4. The van der Waals surface area contributed by atoms with Gasteiger partial charge in [0.1, 0.15) is 5.52 Å². The lowest BCUT2D eigenvalue weighted by Crippen LogP contribution is -2.58. The maximum atomic E-state index is 6.95. The van der Waals surface area contributed by atoms with Crippen LogP contribution in [0.5, 0.6) is 0 Å². The Hall–Kier alpha value is -1.46. The number of fused-ring (bicyclic) bond motifs is 1. The molecule has 0 aliphatic rings. The van der Waals surface area contributed by atoms with E-state index in [1.165, 1.54) is 12.8 Å². The zero-order valence-electron chi connectivity index (χ0n) is 14.8. The van der Waals surface area contributed by atoms with Crippen molar-refractivity contribution in [3.8, 4) is 0 Å². The topological polar surface area (TPSA) is 60.0 Å². The molecule has 23 heavy (non-hydrogen) atoms. The highest BCUT2D eigenvalue weighted by molar-refractivity contribution is 5.74. The molecule has 0 bridgehead atoms. The van der Waals surface area contributed by atoms with E-state index in [0.29, 0.717) is 0 Å². The molecule has 0 fully saturated rings. The molecule has 0 radical (unpaired) electrons. The minimum absolute atomic E-state index is 0.602.